The first-order valence-corrected chi connectivity index (χ1v) is 8.15. The van der Waals surface area contributed by atoms with Crippen LogP contribution < -0.4 is 4.90 Å². The molecule has 1 N–H and O–H groups in total. The first-order valence-electron chi connectivity index (χ1n) is 8.15. The topological polar surface area (TPSA) is 62.4 Å². The fraction of sp³-hybridized carbons (Fsp3) is 0.875. The van der Waals surface area contributed by atoms with Gasteiger partial charge in [-0.2, -0.15) is 0 Å². The van der Waals surface area contributed by atoms with Gasteiger partial charge in [0.2, 0.25) is 5.89 Å². The molecule has 2 aliphatic rings. The molecule has 0 unspecified atom stereocenters. The van der Waals surface area contributed by atoms with E-state index in [4.69, 9.17) is 4.42 Å². The number of fused-ring (bicyclic) bond motifs is 1. The molecule has 3 rings (SSSR count). The summed E-state index contributed by atoms with van der Waals surface area (Å²) in [5.41, 5.74) is -0.633. The summed E-state index contributed by atoms with van der Waals surface area (Å²) in [6.45, 7) is 10.1. The summed E-state index contributed by atoms with van der Waals surface area (Å²) in [5.74, 6) is 1.56. The predicted molar refractivity (Wildman–Crippen MR) is 81.3 cm³/mol. The molecule has 5 heteroatoms. The number of nitrogens with zero attached hydrogens (tertiary/aromatic N) is 3. The molecule has 1 aliphatic carbocycles. The lowest BCUT2D eigenvalue weighted by Gasteiger charge is -2.40. The van der Waals surface area contributed by atoms with Gasteiger partial charge in [0.05, 0.1) is 5.60 Å². The van der Waals surface area contributed by atoms with E-state index in [0.717, 1.165) is 32.4 Å². The number of rotatable bonds is 2. The average molecular weight is 293 g/mol. The van der Waals surface area contributed by atoms with Crippen LogP contribution in [0.1, 0.15) is 59.3 Å². The molecule has 0 aromatic carbocycles. The monoisotopic (exact) mass is 293 g/mol. The molecule has 1 aliphatic heterocycles. The maximum atomic E-state index is 10.9. The minimum absolute atomic E-state index is 0.123. The van der Waals surface area contributed by atoms with Crippen molar-refractivity contribution in [1.29, 1.82) is 0 Å². The van der Waals surface area contributed by atoms with Crippen molar-refractivity contribution < 1.29 is 9.52 Å². The van der Waals surface area contributed by atoms with Crippen LogP contribution >= 0.6 is 0 Å². The lowest BCUT2D eigenvalue weighted by Crippen LogP contribution is -2.44. The normalized spacial score (nSPS) is 33.3. The van der Waals surface area contributed by atoms with E-state index in [1.807, 2.05) is 0 Å². The number of anilines is 1. The highest BCUT2D eigenvalue weighted by molar-refractivity contribution is 5.29. The van der Waals surface area contributed by atoms with E-state index in [1.54, 1.807) is 0 Å². The fourth-order valence-corrected chi connectivity index (χ4v) is 3.87. The van der Waals surface area contributed by atoms with Crippen molar-refractivity contribution in [2.24, 2.45) is 11.8 Å². The average Bonchev–Trinajstić information content (AvgIpc) is 3.05. The Kier molecular flexibility index (Phi) is 3.51. The van der Waals surface area contributed by atoms with Gasteiger partial charge in [-0.25, -0.2) is 0 Å². The molecule has 2 heterocycles. The predicted octanol–water partition coefficient (Wildman–Crippen LogP) is 2.74. The van der Waals surface area contributed by atoms with E-state index >= 15 is 0 Å². The van der Waals surface area contributed by atoms with Crippen LogP contribution in [0.25, 0.3) is 0 Å². The van der Waals surface area contributed by atoms with Gasteiger partial charge in [0, 0.05) is 24.4 Å². The third kappa shape index (κ3) is 2.56. The third-order valence-corrected chi connectivity index (χ3v) is 5.25. The van der Waals surface area contributed by atoms with Crippen molar-refractivity contribution in [3.05, 3.63) is 5.89 Å². The molecule has 0 amide bonds. The van der Waals surface area contributed by atoms with Crippen molar-refractivity contribution in [2.45, 2.75) is 64.4 Å². The standard InChI is InChI=1S/C16H27N3O2/c1-5-16(20)8-6-7-11-9-19(10-12(11)16)14-18-17-13(21-14)15(2,3)4/h11-12,20H,5-10H2,1-4H3/t11-,12+,16-/m0/s1. The number of hydrogen-bond acceptors (Lipinski definition) is 5. The second-order valence-electron chi connectivity index (χ2n) is 7.76. The Balaban J connectivity index is 1.79. The molecule has 1 aromatic rings. The molecule has 1 saturated heterocycles. The molecule has 0 bridgehead atoms. The maximum Gasteiger partial charge on any atom is 0.318 e. The van der Waals surface area contributed by atoms with Crippen LogP contribution in [0.2, 0.25) is 0 Å². The summed E-state index contributed by atoms with van der Waals surface area (Å²) < 4.78 is 5.86. The van der Waals surface area contributed by atoms with E-state index in [2.05, 4.69) is 42.8 Å². The zero-order valence-electron chi connectivity index (χ0n) is 13.6. The Morgan fingerprint density at radius 1 is 1.33 bits per heavy atom. The molecule has 1 aromatic heterocycles. The Hall–Kier alpha value is -1.10. The van der Waals surface area contributed by atoms with Gasteiger partial charge in [-0.15, -0.1) is 5.10 Å². The number of hydrogen-bond donors (Lipinski definition) is 1. The van der Waals surface area contributed by atoms with Crippen molar-refractivity contribution >= 4 is 6.01 Å². The van der Waals surface area contributed by atoms with Crippen LogP contribution in [-0.4, -0.2) is 34.0 Å². The quantitative estimate of drug-likeness (QED) is 0.908. The highest BCUT2D eigenvalue weighted by Crippen LogP contribution is 2.45. The van der Waals surface area contributed by atoms with Crippen molar-refractivity contribution in [3.63, 3.8) is 0 Å². The maximum absolute atomic E-state index is 10.9. The largest absolute Gasteiger partial charge is 0.407 e. The van der Waals surface area contributed by atoms with E-state index in [0.29, 0.717) is 23.7 Å². The summed E-state index contributed by atoms with van der Waals surface area (Å²) in [4.78, 5) is 2.17. The van der Waals surface area contributed by atoms with Gasteiger partial charge in [-0.3, -0.25) is 0 Å². The van der Waals surface area contributed by atoms with Crippen molar-refractivity contribution in [2.75, 3.05) is 18.0 Å². The molecule has 2 fully saturated rings. The second-order valence-corrected chi connectivity index (χ2v) is 7.76. The first kappa shape index (κ1) is 14.8. The van der Waals surface area contributed by atoms with Gasteiger partial charge in [0.15, 0.2) is 0 Å². The fourth-order valence-electron chi connectivity index (χ4n) is 3.87. The van der Waals surface area contributed by atoms with Crippen molar-refractivity contribution in [1.82, 2.24) is 10.2 Å². The van der Waals surface area contributed by atoms with E-state index < -0.39 is 5.60 Å². The summed E-state index contributed by atoms with van der Waals surface area (Å²) in [5, 5.41) is 19.3. The molecule has 21 heavy (non-hydrogen) atoms. The summed E-state index contributed by atoms with van der Waals surface area (Å²) in [7, 11) is 0. The smallest absolute Gasteiger partial charge is 0.318 e. The Morgan fingerprint density at radius 2 is 2.10 bits per heavy atom. The highest BCUT2D eigenvalue weighted by atomic mass is 16.4. The van der Waals surface area contributed by atoms with Crippen LogP contribution in [0.3, 0.4) is 0 Å². The van der Waals surface area contributed by atoms with Crippen LogP contribution in [0.5, 0.6) is 0 Å². The lowest BCUT2D eigenvalue weighted by molar-refractivity contribution is -0.0597. The minimum atomic E-state index is -0.509. The highest BCUT2D eigenvalue weighted by Gasteiger charge is 2.48. The van der Waals surface area contributed by atoms with Gasteiger partial charge >= 0.3 is 6.01 Å². The summed E-state index contributed by atoms with van der Waals surface area (Å²) in [6, 6.07) is 0.618. The van der Waals surface area contributed by atoms with Crippen molar-refractivity contribution in [3.8, 4) is 0 Å². The lowest BCUT2D eigenvalue weighted by atomic mass is 9.69. The summed E-state index contributed by atoms with van der Waals surface area (Å²) in [6.07, 6.45) is 4.08. The van der Waals surface area contributed by atoms with E-state index in [1.165, 1.54) is 6.42 Å². The SMILES string of the molecule is CC[C@]1(O)CCC[C@H]2CN(c3nnc(C(C)(C)C)o3)C[C@H]21. The third-order valence-electron chi connectivity index (χ3n) is 5.25. The van der Waals surface area contributed by atoms with Gasteiger partial charge in [-0.1, -0.05) is 39.2 Å². The zero-order valence-corrected chi connectivity index (χ0v) is 13.6. The number of aliphatic hydroxyl groups is 1. The first-order chi connectivity index (χ1) is 9.83. The van der Waals surface area contributed by atoms with Gasteiger partial charge in [-0.05, 0) is 25.2 Å². The van der Waals surface area contributed by atoms with Crippen LogP contribution in [-0.2, 0) is 5.41 Å². The Morgan fingerprint density at radius 3 is 2.71 bits per heavy atom. The van der Waals surface area contributed by atoms with E-state index in [9.17, 15) is 5.11 Å². The summed E-state index contributed by atoms with van der Waals surface area (Å²) >= 11 is 0. The molecule has 0 spiro atoms. The molecular formula is C16H27N3O2. The van der Waals surface area contributed by atoms with Crippen LogP contribution in [0.15, 0.2) is 4.42 Å². The Labute approximate surface area is 126 Å². The van der Waals surface area contributed by atoms with Gasteiger partial charge < -0.3 is 14.4 Å². The molecule has 0 radical (unpaired) electrons. The molecule has 1 saturated carbocycles. The minimum Gasteiger partial charge on any atom is -0.407 e. The Bertz CT molecular complexity index is 508. The van der Waals surface area contributed by atoms with Gasteiger partial charge in [0.25, 0.3) is 0 Å². The van der Waals surface area contributed by atoms with Crippen LogP contribution in [0, 0.1) is 11.8 Å². The second kappa shape index (κ2) is 4.97. The number of aromatic nitrogens is 2. The van der Waals surface area contributed by atoms with E-state index in [-0.39, 0.29) is 5.41 Å². The molecular weight excluding hydrogens is 266 g/mol. The molecule has 5 nitrogen and oxygen atoms in total. The zero-order chi connectivity index (χ0) is 15.3. The molecule has 118 valence electrons. The molecule has 3 atom stereocenters. The van der Waals surface area contributed by atoms with Gasteiger partial charge in [0.1, 0.15) is 0 Å². The van der Waals surface area contributed by atoms with Crippen LogP contribution in [0.4, 0.5) is 6.01 Å².